The molecule has 142 valence electrons. The summed E-state index contributed by atoms with van der Waals surface area (Å²) < 4.78 is 16.8. The van der Waals surface area contributed by atoms with Gasteiger partial charge in [-0.2, -0.15) is 0 Å². The lowest BCUT2D eigenvalue weighted by molar-refractivity contribution is -0.122. The number of hydrogen-bond donors (Lipinski definition) is 0. The van der Waals surface area contributed by atoms with E-state index in [2.05, 4.69) is 0 Å². The van der Waals surface area contributed by atoms with Gasteiger partial charge >= 0.3 is 0 Å². The van der Waals surface area contributed by atoms with Gasteiger partial charge in [0.1, 0.15) is 10.1 Å². The minimum atomic E-state index is -0.220. The van der Waals surface area contributed by atoms with E-state index in [1.165, 1.54) is 17.8 Å². The van der Waals surface area contributed by atoms with Gasteiger partial charge in [-0.15, -0.1) is 0 Å². The first kappa shape index (κ1) is 18.9. The summed E-state index contributed by atoms with van der Waals surface area (Å²) in [5.74, 6) is -0.259. The molecule has 1 aliphatic rings. The molecule has 0 N–H and O–H groups in total. The maximum absolute atomic E-state index is 14.1. The van der Waals surface area contributed by atoms with Gasteiger partial charge in [0.05, 0.1) is 11.4 Å². The predicted octanol–water partition coefficient (Wildman–Crippen LogP) is 5.44. The number of carbonyl (C=O) groups is 1. The van der Waals surface area contributed by atoms with Crippen molar-refractivity contribution >= 4 is 51.2 Å². The molecule has 3 aromatic rings. The number of benzene rings is 2. The van der Waals surface area contributed by atoms with Crippen molar-refractivity contribution in [2.24, 2.45) is 0 Å². The standard InChI is InChI=1S/C22H19FN2OS2/c1-2-11-25-21(26)20(28-22(25)27)12-16-14-24(19-10-6-4-8-17(16)19)13-15-7-3-5-9-18(15)23/h3-10,12,14H,2,11,13H2,1H3. The fourth-order valence-corrected chi connectivity index (χ4v) is 4.69. The molecular weight excluding hydrogens is 391 g/mol. The highest BCUT2D eigenvalue weighted by Gasteiger charge is 2.31. The van der Waals surface area contributed by atoms with Gasteiger partial charge in [0.15, 0.2) is 0 Å². The Hall–Kier alpha value is -2.44. The van der Waals surface area contributed by atoms with Gasteiger partial charge in [-0.05, 0) is 24.6 Å². The van der Waals surface area contributed by atoms with Gasteiger partial charge in [0, 0.05) is 34.8 Å². The van der Waals surface area contributed by atoms with E-state index >= 15 is 0 Å². The molecule has 0 radical (unpaired) electrons. The van der Waals surface area contributed by atoms with E-state index in [-0.39, 0.29) is 11.7 Å². The molecule has 1 amide bonds. The van der Waals surface area contributed by atoms with E-state index in [1.54, 1.807) is 17.0 Å². The highest BCUT2D eigenvalue weighted by atomic mass is 32.2. The topological polar surface area (TPSA) is 25.2 Å². The van der Waals surface area contributed by atoms with Crippen LogP contribution in [0.25, 0.3) is 17.0 Å². The van der Waals surface area contributed by atoms with Crippen molar-refractivity contribution in [3.05, 3.63) is 76.6 Å². The van der Waals surface area contributed by atoms with Crippen LogP contribution in [0.15, 0.2) is 59.6 Å². The molecule has 0 aliphatic carbocycles. The maximum Gasteiger partial charge on any atom is 0.266 e. The van der Waals surface area contributed by atoms with Crippen molar-refractivity contribution in [3.63, 3.8) is 0 Å². The number of amides is 1. The number of nitrogens with zero attached hydrogens (tertiary/aromatic N) is 2. The summed E-state index contributed by atoms with van der Waals surface area (Å²) in [5.41, 5.74) is 2.56. The Morgan fingerprint density at radius 1 is 1.14 bits per heavy atom. The van der Waals surface area contributed by atoms with Crippen LogP contribution in [0.1, 0.15) is 24.5 Å². The number of thiocarbonyl (C=S) groups is 1. The van der Waals surface area contributed by atoms with Crippen molar-refractivity contribution in [1.82, 2.24) is 9.47 Å². The Balaban J connectivity index is 1.74. The molecule has 4 rings (SSSR count). The SMILES string of the molecule is CCCN1C(=O)C(=Cc2cn(Cc3ccccc3F)c3ccccc23)SC1=S. The number of aromatic nitrogens is 1. The molecule has 1 fully saturated rings. The van der Waals surface area contributed by atoms with E-state index in [4.69, 9.17) is 12.2 Å². The molecule has 0 atom stereocenters. The Morgan fingerprint density at radius 2 is 1.89 bits per heavy atom. The zero-order chi connectivity index (χ0) is 19.7. The molecular formula is C22H19FN2OS2. The Bertz CT molecular complexity index is 1100. The van der Waals surface area contributed by atoms with Crippen LogP contribution in [-0.2, 0) is 11.3 Å². The first-order valence-corrected chi connectivity index (χ1v) is 10.4. The van der Waals surface area contributed by atoms with E-state index < -0.39 is 0 Å². The van der Waals surface area contributed by atoms with Crippen LogP contribution in [0.4, 0.5) is 4.39 Å². The van der Waals surface area contributed by atoms with Crippen LogP contribution in [-0.4, -0.2) is 26.2 Å². The van der Waals surface area contributed by atoms with Crippen LogP contribution in [0.3, 0.4) is 0 Å². The van der Waals surface area contributed by atoms with Crippen molar-refractivity contribution in [1.29, 1.82) is 0 Å². The molecule has 28 heavy (non-hydrogen) atoms. The maximum atomic E-state index is 14.1. The summed E-state index contributed by atoms with van der Waals surface area (Å²) in [6.07, 6.45) is 4.74. The first-order chi connectivity index (χ1) is 13.6. The smallest absolute Gasteiger partial charge is 0.266 e. The number of carbonyl (C=O) groups excluding carboxylic acids is 1. The van der Waals surface area contributed by atoms with Crippen molar-refractivity contribution in [2.75, 3.05) is 6.54 Å². The van der Waals surface area contributed by atoms with Crippen LogP contribution >= 0.6 is 24.0 Å². The van der Waals surface area contributed by atoms with Gasteiger partial charge in [0.25, 0.3) is 5.91 Å². The summed E-state index contributed by atoms with van der Waals surface area (Å²) in [7, 11) is 0. The minimum Gasteiger partial charge on any atom is -0.342 e. The highest BCUT2D eigenvalue weighted by molar-refractivity contribution is 8.26. The molecule has 3 nitrogen and oxygen atoms in total. The molecule has 1 saturated heterocycles. The number of hydrogen-bond acceptors (Lipinski definition) is 3. The minimum absolute atomic E-state index is 0.0391. The fourth-order valence-electron chi connectivity index (χ4n) is 3.39. The Morgan fingerprint density at radius 3 is 2.68 bits per heavy atom. The lowest BCUT2D eigenvalue weighted by Crippen LogP contribution is -2.28. The Labute approximate surface area is 172 Å². The second-order valence-corrected chi connectivity index (χ2v) is 8.33. The lowest BCUT2D eigenvalue weighted by atomic mass is 10.1. The highest BCUT2D eigenvalue weighted by Crippen LogP contribution is 2.34. The van der Waals surface area contributed by atoms with Crippen LogP contribution < -0.4 is 0 Å². The van der Waals surface area contributed by atoms with Crippen molar-refractivity contribution in [3.8, 4) is 0 Å². The zero-order valence-corrected chi connectivity index (χ0v) is 17.0. The van der Waals surface area contributed by atoms with Crippen molar-refractivity contribution in [2.45, 2.75) is 19.9 Å². The average Bonchev–Trinajstić information content (AvgIpc) is 3.17. The van der Waals surface area contributed by atoms with E-state index in [9.17, 15) is 9.18 Å². The third kappa shape index (κ3) is 3.50. The van der Waals surface area contributed by atoms with Gasteiger partial charge in [-0.3, -0.25) is 9.69 Å². The molecule has 0 bridgehead atoms. The molecule has 1 aliphatic heterocycles. The quantitative estimate of drug-likeness (QED) is 0.414. The second kappa shape index (κ2) is 7.89. The van der Waals surface area contributed by atoms with E-state index in [0.717, 1.165) is 22.9 Å². The summed E-state index contributed by atoms with van der Waals surface area (Å²) in [6.45, 7) is 3.09. The van der Waals surface area contributed by atoms with Gasteiger partial charge in [0.2, 0.25) is 0 Å². The number of halogens is 1. The molecule has 0 spiro atoms. The predicted molar refractivity (Wildman–Crippen MR) is 118 cm³/mol. The normalized spacial score (nSPS) is 15.9. The van der Waals surface area contributed by atoms with Gasteiger partial charge < -0.3 is 4.57 Å². The molecule has 0 unspecified atom stereocenters. The second-order valence-electron chi connectivity index (χ2n) is 6.65. The number of thioether (sulfide) groups is 1. The summed E-state index contributed by atoms with van der Waals surface area (Å²) in [5, 5.41) is 1.03. The third-order valence-electron chi connectivity index (χ3n) is 4.73. The summed E-state index contributed by atoms with van der Waals surface area (Å²) >= 11 is 6.70. The number of para-hydroxylation sites is 1. The van der Waals surface area contributed by atoms with Crippen molar-refractivity contribution < 1.29 is 9.18 Å². The molecule has 6 heteroatoms. The van der Waals surface area contributed by atoms with E-state index in [0.29, 0.717) is 27.9 Å². The molecule has 2 heterocycles. The molecule has 2 aromatic carbocycles. The monoisotopic (exact) mass is 410 g/mol. The first-order valence-electron chi connectivity index (χ1n) is 9.15. The summed E-state index contributed by atoms with van der Waals surface area (Å²) in [6, 6.07) is 14.8. The molecule has 0 saturated carbocycles. The molecule has 1 aromatic heterocycles. The van der Waals surface area contributed by atoms with Gasteiger partial charge in [-0.1, -0.05) is 67.3 Å². The lowest BCUT2D eigenvalue weighted by Gasteiger charge is -2.11. The van der Waals surface area contributed by atoms with Crippen LogP contribution in [0.5, 0.6) is 0 Å². The van der Waals surface area contributed by atoms with Crippen LogP contribution in [0, 0.1) is 5.82 Å². The summed E-state index contributed by atoms with van der Waals surface area (Å²) in [4.78, 5) is 15.0. The Kier molecular flexibility index (Phi) is 5.33. The average molecular weight is 411 g/mol. The van der Waals surface area contributed by atoms with E-state index in [1.807, 2.05) is 54.1 Å². The number of fused-ring (bicyclic) bond motifs is 1. The third-order valence-corrected chi connectivity index (χ3v) is 6.10. The zero-order valence-electron chi connectivity index (χ0n) is 15.4. The van der Waals surface area contributed by atoms with Crippen LogP contribution in [0.2, 0.25) is 0 Å². The largest absolute Gasteiger partial charge is 0.342 e. The van der Waals surface area contributed by atoms with Gasteiger partial charge in [-0.25, -0.2) is 4.39 Å². The number of rotatable bonds is 5. The fraction of sp³-hybridized carbons (Fsp3) is 0.182.